The van der Waals surface area contributed by atoms with Gasteiger partial charge < -0.3 is 9.47 Å². The Morgan fingerprint density at radius 3 is 2.52 bits per heavy atom. The normalized spacial score (nSPS) is 24.5. The summed E-state index contributed by atoms with van der Waals surface area (Å²) in [5.74, 6) is -0.108. The highest BCUT2D eigenvalue weighted by Gasteiger charge is 2.38. The van der Waals surface area contributed by atoms with E-state index >= 15 is 0 Å². The van der Waals surface area contributed by atoms with Gasteiger partial charge in [0.1, 0.15) is 0 Å². The first-order chi connectivity index (χ1) is 10.2. The smallest absolute Gasteiger partial charge is 0.337 e. The van der Waals surface area contributed by atoms with E-state index in [4.69, 9.17) is 9.47 Å². The molecule has 0 amide bonds. The molecule has 3 nitrogen and oxygen atoms in total. The molecule has 112 valence electrons. The van der Waals surface area contributed by atoms with Crippen molar-refractivity contribution in [2.45, 2.75) is 19.3 Å². The highest BCUT2D eigenvalue weighted by atomic mass is 16.5. The second-order valence-electron chi connectivity index (χ2n) is 5.36. The second kappa shape index (κ2) is 6.72. The quantitative estimate of drug-likeness (QED) is 0.777. The van der Waals surface area contributed by atoms with E-state index in [0.717, 1.165) is 6.42 Å². The van der Waals surface area contributed by atoms with Gasteiger partial charge in [0.05, 0.1) is 19.3 Å². The highest BCUT2D eigenvalue weighted by Crippen LogP contribution is 2.45. The topological polar surface area (TPSA) is 35.5 Å². The molecule has 0 radical (unpaired) electrons. The van der Waals surface area contributed by atoms with E-state index in [0.29, 0.717) is 12.2 Å². The number of allylic oxidation sites excluding steroid dienone is 1. The van der Waals surface area contributed by atoms with Crippen molar-refractivity contribution in [3.63, 3.8) is 0 Å². The molecule has 0 aromatic heterocycles. The number of carbonyl (C=O) groups is 1. The Morgan fingerprint density at radius 2 is 1.95 bits per heavy atom. The number of hydrogen-bond donors (Lipinski definition) is 0. The summed E-state index contributed by atoms with van der Waals surface area (Å²) in [4.78, 5) is 11.8. The zero-order valence-electron chi connectivity index (χ0n) is 12.8. The maximum absolute atomic E-state index is 11.8. The summed E-state index contributed by atoms with van der Waals surface area (Å²) in [6, 6.07) is 10.3. The van der Waals surface area contributed by atoms with Crippen molar-refractivity contribution in [2.75, 3.05) is 20.8 Å². The predicted molar refractivity (Wildman–Crippen MR) is 83.0 cm³/mol. The maximum atomic E-state index is 11.8. The molecule has 1 aliphatic rings. The molecule has 0 saturated carbocycles. The number of benzene rings is 1. The fourth-order valence-electron chi connectivity index (χ4n) is 3.01. The van der Waals surface area contributed by atoms with Gasteiger partial charge >= 0.3 is 5.97 Å². The van der Waals surface area contributed by atoms with Gasteiger partial charge in [-0.3, -0.25) is 0 Å². The summed E-state index contributed by atoms with van der Waals surface area (Å²) in [5, 5.41) is 0. The van der Waals surface area contributed by atoms with E-state index in [9.17, 15) is 4.79 Å². The van der Waals surface area contributed by atoms with Crippen LogP contribution in [0.1, 0.15) is 24.8 Å². The molecule has 21 heavy (non-hydrogen) atoms. The largest absolute Gasteiger partial charge is 0.465 e. The molecule has 0 bridgehead atoms. The summed E-state index contributed by atoms with van der Waals surface area (Å²) >= 11 is 0. The molecule has 0 fully saturated rings. The zero-order valence-corrected chi connectivity index (χ0v) is 12.8. The number of rotatable bonds is 5. The third kappa shape index (κ3) is 3.08. The van der Waals surface area contributed by atoms with Crippen molar-refractivity contribution in [3.05, 3.63) is 59.7 Å². The second-order valence-corrected chi connectivity index (χ2v) is 5.36. The number of methoxy groups -OCH3 is 2. The molecule has 2 atom stereocenters. The first kappa shape index (κ1) is 15.5. The first-order valence-corrected chi connectivity index (χ1v) is 7.20. The molecule has 1 aromatic carbocycles. The number of hydrogen-bond acceptors (Lipinski definition) is 3. The van der Waals surface area contributed by atoms with Gasteiger partial charge in [-0.25, -0.2) is 4.79 Å². The third-order valence-electron chi connectivity index (χ3n) is 4.18. The lowest BCUT2D eigenvalue weighted by atomic mass is 9.67. The summed E-state index contributed by atoms with van der Waals surface area (Å²) < 4.78 is 10.3. The van der Waals surface area contributed by atoms with Crippen molar-refractivity contribution < 1.29 is 14.3 Å². The van der Waals surface area contributed by atoms with E-state index in [1.54, 1.807) is 7.11 Å². The van der Waals surface area contributed by atoms with E-state index in [1.807, 2.05) is 30.4 Å². The predicted octanol–water partition coefficient (Wildman–Crippen LogP) is 3.48. The monoisotopic (exact) mass is 286 g/mol. The Balaban J connectivity index is 2.45. The van der Waals surface area contributed by atoms with Crippen molar-refractivity contribution in [3.8, 4) is 0 Å². The number of carbonyl (C=O) groups excluding carboxylic acids is 1. The van der Waals surface area contributed by atoms with E-state index in [-0.39, 0.29) is 17.3 Å². The molecule has 0 heterocycles. The molecule has 1 aliphatic carbocycles. The van der Waals surface area contributed by atoms with Crippen LogP contribution in [0, 0.1) is 5.41 Å². The van der Waals surface area contributed by atoms with Gasteiger partial charge in [0.2, 0.25) is 0 Å². The van der Waals surface area contributed by atoms with E-state index in [1.165, 1.54) is 12.7 Å². The highest BCUT2D eigenvalue weighted by molar-refractivity contribution is 5.92. The van der Waals surface area contributed by atoms with Crippen LogP contribution in [-0.4, -0.2) is 26.8 Å². The lowest BCUT2D eigenvalue weighted by Crippen LogP contribution is -2.33. The van der Waals surface area contributed by atoms with Crippen LogP contribution in [0.25, 0.3) is 0 Å². The molecule has 2 unspecified atom stereocenters. The Morgan fingerprint density at radius 1 is 1.24 bits per heavy atom. The molecule has 0 N–H and O–H groups in total. The average Bonchev–Trinajstić information content (AvgIpc) is 2.55. The molecule has 1 aromatic rings. The van der Waals surface area contributed by atoms with Crippen LogP contribution in [0.5, 0.6) is 0 Å². The van der Waals surface area contributed by atoms with Crippen molar-refractivity contribution in [1.82, 2.24) is 0 Å². The SMILES string of the molecule is CCC1(COC)C=C(C(=O)OC)C=CC1c1ccccc1. The van der Waals surface area contributed by atoms with Gasteiger partial charge in [0.25, 0.3) is 0 Å². The van der Waals surface area contributed by atoms with Crippen LogP contribution in [0.3, 0.4) is 0 Å². The Bertz CT molecular complexity index is 545. The van der Waals surface area contributed by atoms with E-state index < -0.39 is 0 Å². The fourth-order valence-corrected chi connectivity index (χ4v) is 3.01. The van der Waals surface area contributed by atoms with Gasteiger partial charge in [0, 0.05) is 18.4 Å². The third-order valence-corrected chi connectivity index (χ3v) is 4.18. The molecule has 0 saturated heterocycles. The minimum atomic E-state index is -0.299. The van der Waals surface area contributed by atoms with Crippen molar-refractivity contribution in [2.24, 2.45) is 5.41 Å². The van der Waals surface area contributed by atoms with Crippen LogP contribution < -0.4 is 0 Å². The standard InChI is InChI=1S/C18H22O3/c1-4-18(13-20-2)12-15(17(19)21-3)10-11-16(18)14-8-6-5-7-9-14/h5-12,16H,4,13H2,1-3H3. The Labute approximate surface area is 126 Å². The van der Waals surface area contributed by atoms with Gasteiger partial charge in [-0.1, -0.05) is 55.5 Å². The number of ether oxygens (including phenoxy) is 2. The molecule has 0 spiro atoms. The summed E-state index contributed by atoms with van der Waals surface area (Å²) in [6.07, 6.45) is 6.84. The van der Waals surface area contributed by atoms with Crippen LogP contribution >= 0.6 is 0 Å². The van der Waals surface area contributed by atoms with Gasteiger partial charge in [-0.15, -0.1) is 0 Å². The van der Waals surface area contributed by atoms with Crippen molar-refractivity contribution >= 4 is 5.97 Å². The minimum absolute atomic E-state index is 0.192. The number of esters is 1. The van der Waals surface area contributed by atoms with Gasteiger partial charge in [-0.05, 0) is 12.0 Å². The molecule has 3 heteroatoms. The van der Waals surface area contributed by atoms with Gasteiger partial charge in [-0.2, -0.15) is 0 Å². The maximum Gasteiger partial charge on any atom is 0.337 e. The zero-order chi connectivity index (χ0) is 15.3. The van der Waals surface area contributed by atoms with Crippen LogP contribution in [0.4, 0.5) is 0 Å². The lowest BCUT2D eigenvalue weighted by molar-refractivity contribution is -0.135. The van der Waals surface area contributed by atoms with Crippen molar-refractivity contribution in [1.29, 1.82) is 0 Å². The molecular weight excluding hydrogens is 264 g/mol. The first-order valence-electron chi connectivity index (χ1n) is 7.20. The average molecular weight is 286 g/mol. The lowest BCUT2D eigenvalue weighted by Gasteiger charge is -2.38. The van der Waals surface area contributed by atoms with Crippen LogP contribution in [0.15, 0.2) is 54.1 Å². The summed E-state index contributed by atoms with van der Waals surface area (Å²) in [5.41, 5.74) is 1.60. The molecule has 2 rings (SSSR count). The Hall–Kier alpha value is -1.87. The minimum Gasteiger partial charge on any atom is -0.465 e. The summed E-state index contributed by atoms with van der Waals surface area (Å²) in [6.45, 7) is 2.69. The fraction of sp³-hybridized carbons (Fsp3) is 0.389. The van der Waals surface area contributed by atoms with Gasteiger partial charge in [0.15, 0.2) is 0 Å². The molecular formula is C18H22O3. The summed E-state index contributed by atoms with van der Waals surface area (Å²) in [7, 11) is 3.10. The van der Waals surface area contributed by atoms with Crippen LogP contribution in [0.2, 0.25) is 0 Å². The Kier molecular flexibility index (Phi) is 4.97. The molecule has 0 aliphatic heterocycles. The van der Waals surface area contributed by atoms with E-state index in [2.05, 4.69) is 25.1 Å². The van der Waals surface area contributed by atoms with Crippen LogP contribution in [-0.2, 0) is 14.3 Å².